The van der Waals surface area contributed by atoms with Crippen molar-refractivity contribution in [3.8, 4) is 0 Å². The topological polar surface area (TPSA) is 77.1 Å². The van der Waals surface area contributed by atoms with Gasteiger partial charge in [-0.2, -0.15) is 0 Å². The molecule has 0 atom stereocenters. The van der Waals surface area contributed by atoms with Crippen molar-refractivity contribution in [1.82, 2.24) is 14.9 Å². The van der Waals surface area contributed by atoms with Crippen molar-refractivity contribution in [3.63, 3.8) is 0 Å². The fourth-order valence-corrected chi connectivity index (χ4v) is 3.25. The van der Waals surface area contributed by atoms with E-state index in [2.05, 4.69) is 10.3 Å². The van der Waals surface area contributed by atoms with E-state index in [1.165, 1.54) is 16.8 Å². The summed E-state index contributed by atoms with van der Waals surface area (Å²) >= 11 is 0. The number of amides is 1. The number of hydrogen-bond acceptors (Lipinski definition) is 4. The van der Waals surface area contributed by atoms with Crippen LogP contribution in [0.2, 0.25) is 0 Å². The third kappa shape index (κ3) is 3.67. The van der Waals surface area contributed by atoms with Crippen molar-refractivity contribution in [1.29, 1.82) is 0 Å². The van der Waals surface area contributed by atoms with E-state index in [-0.39, 0.29) is 24.0 Å². The molecule has 1 amide bonds. The van der Waals surface area contributed by atoms with E-state index < -0.39 is 17.3 Å². The summed E-state index contributed by atoms with van der Waals surface area (Å²) in [5, 5.41) is 2.98. The number of halogens is 1. The molecule has 1 aromatic carbocycles. The van der Waals surface area contributed by atoms with Crippen molar-refractivity contribution in [2.45, 2.75) is 20.0 Å². The quantitative estimate of drug-likeness (QED) is 0.566. The summed E-state index contributed by atoms with van der Waals surface area (Å²) in [6, 6.07) is 11.5. The fourth-order valence-electron chi connectivity index (χ4n) is 3.25. The minimum absolute atomic E-state index is 0.0580. The Kier molecular flexibility index (Phi) is 4.95. The van der Waals surface area contributed by atoms with Crippen LogP contribution in [-0.2, 0) is 13.1 Å². The second kappa shape index (κ2) is 7.71. The van der Waals surface area contributed by atoms with Gasteiger partial charge in [0.05, 0.1) is 17.5 Å². The number of benzene rings is 1. The van der Waals surface area contributed by atoms with Crippen molar-refractivity contribution < 1.29 is 13.6 Å². The molecule has 0 aliphatic heterocycles. The maximum Gasteiger partial charge on any atom is 0.262 e. The molecular weight excluding hydrogens is 373 g/mol. The summed E-state index contributed by atoms with van der Waals surface area (Å²) < 4.78 is 21.0. The average molecular weight is 391 g/mol. The Labute approximate surface area is 165 Å². The Morgan fingerprint density at radius 3 is 2.79 bits per heavy atom. The predicted octanol–water partition coefficient (Wildman–Crippen LogP) is 3.42. The van der Waals surface area contributed by atoms with Crippen LogP contribution in [0, 0.1) is 12.7 Å². The standard InChI is InChI=1S/C22H18FN3O3/c1-14-19(21(27)25-12-15-5-4-9-24-11-15)20-18(29-14)8-10-26(22(20)28)13-16-6-2-3-7-17(16)23/h2-11H,12-13H2,1H3,(H,25,27). The first-order chi connectivity index (χ1) is 14.0. The first-order valence-corrected chi connectivity index (χ1v) is 9.07. The molecule has 4 aromatic rings. The van der Waals surface area contributed by atoms with Gasteiger partial charge < -0.3 is 14.3 Å². The number of hydrogen-bond donors (Lipinski definition) is 1. The second-order valence-corrected chi connectivity index (χ2v) is 6.66. The van der Waals surface area contributed by atoms with E-state index in [0.717, 1.165) is 5.56 Å². The van der Waals surface area contributed by atoms with Gasteiger partial charge >= 0.3 is 0 Å². The molecule has 0 saturated carbocycles. The van der Waals surface area contributed by atoms with Crippen molar-refractivity contribution >= 4 is 16.9 Å². The highest BCUT2D eigenvalue weighted by Gasteiger charge is 2.22. The van der Waals surface area contributed by atoms with Gasteiger partial charge in [-0.25, -0.2) is 4.39 Å². The number of furan rings is 1. The lowest BCUT2D eigenvalue weighted by Gasteiger charge is -2.08. The summed E-state index contributed by atoms with van der Waals surface area (Å²) in [4.78, 5) is 29.8. The van der Waals surface area contributed by atoms with Crippen LogP contribution < -0.4 is 10.9 Å². The van der Waals surface area contributed by atoms with Crippen LogP contribution in [0.3, 0.4) is 0 Å². The molecule has 29 heavy (non-hydrogen) atoms. The van der Waals surface area contributed by atoms with E-state index in [0.29, 0.717) is 16.9 Å². The Hall–Kier alpha value is -3.74. The second-order valence-electron chi connectivity index (χ2n) is 6.66. The molecule has 0 aliphatic carbocycles. The van der Waals surface area contributed by atoms with Crippen molar-refractivity contribution in [2.24, 2.45) is 0 Å². The van der Waals surface area contributed by atoms with Crippen LogP contribution >= 0.6 is 0 Å². The number of aryl methyl sites for hydroxylation is 1. The Morgan fingerprint density at radius 2 is 2.03 bits per heavy atom. The summed E-state index contributed by atoms with van der Waals surface area (Å²) in [7, 11) is 0. The number of nitrogens with zero attached hydrogens (tertiary/aromatic N) is 2. The van der Waals surface area contributed by atoms with Gasteiger partial charge in [0, 0.05) is 30.7 Å². The number of carbonyl (C=O) groups is 1. The predicted molar refractivity (Wildman–Crippen MR) is 106 cm³/mol. The Balaban J connectivity index is 1.69. The zero-order chi connectivity index (χ0) is 20.4. The molecule has 3 aromatic heterocycles. The first-order valence-electron chi connectivity index (χ1n) is 9.07. The molecule has 0 bridgehead atoms. The highest BCUT2D eigenvalue weighted by Crippen LogP contribution is 2.23. The van der Waals surface area contributed by atoms with Gasteiger partial charge in [-0.05, 0) is 30.7 Å². The Bertz CT molecular complexity index is 1250. The molecule has 0 fully saturated rings. The highest BCUT2D eigenvalue weighted by molar-refractivity contribution is 6.06. The minimum atomic E-state index is -0.411. The van der Waals surface area contributed by atoms with E-state index in [4.69, 9.17) is 4.42 Å². The van der Waals surface area contributed by atoms with Crippen LogP contribution in [0.1, 0.15) is 27.2 Å². The van der Waals surface area contributed by atoms with Crippen LogP contribution in [-0.4, -0.2) is 15.5 Å². The van der Waals surface area contributed by atoms with E-state index in [1.807, 2.05) is 6.07 Å². The SMILES string of the molecule is Cc1oc2ccn(Cc3ccccc3F)c(=O)c2c1C(=O)NCc1cccnc1. The van der Waals surface area contributed by atoms with Gasteiger partial charge in [-0.15, -0.1) is 0 Å². The molecule has 3 heterocycles. The molecule has 1 N–H and O–H groups in total. The van der Waals surface area contributed by atoms with E-state index in [1.54, 1.807) is 49.6 Å². The van der Waals surface area contributed by atoms with Gasteiger partial charge in [-0.1, -0.05) is 24.3 Å². The number of carbonyl (C=O) groups excluding carboxylic acids is 1. The summed E-state index contributed by atoms with van der Waals surface area (Å²) in [5.74, 6) is -0.451. The Morgan fingerprint density at radius 1 is 1.21 bits per heavy atom. The fraction of sp³-hybridized carbons (Fsp3) is 0.136. The third-order valence-electron chi connectivity index (χ3n) is 4.69. The number of fused-ring (bicyclic) bond motifs is 1. The monoisotopic (exact) mass is 391 g/mol. The number of nitrogens with one attached hydrogen (secondary N) is 1. The van der Waals surface area contributed by atoms with E-state index >= 15 is 0 Å². The largest absolute Gasteiger partial charge is 0.460 e. The molecular formula is C22H18FN3O3. The lowest BCUT2D eigenvalue weighted by molar-refractivity contribution is 0.0950. The van der Waals surface area contributed by atoms with E-state index in [9.17, 15) is 14.0 Å². The number of aromatic nitrogens is 2. The van der Waals surface area contributed by atoms with Crippen LogP contribution in [0.5, 0.6) is 0 Å². The lowest BCUT2D eigenvalue weighted by atomic mass is 10.1. The van der Waals surface area contributed by atoms with Crippen LogP contribution in [0.15, 0.2) is 70.3 Å². The zero-order valence-electron chi connectivity index (χ0n) is 15.7. The van der Waals surface area contributed by atoms with Gasteiger partial charge in [0.2, 0.25) is 0 Å². The molecule has 6 nitrogen and oxygen atoms in total. The molecule has 0 radical (unpaired) electrons. The maximum absolute atomic E-state index is 14.0. The minimum Gasteiger partial charge on any atom is -0.460 e. The molecule has 7 heteroatoms. The summed E-state index contributed by atoms with van der Waals surface area (Å²) in [6.07, 6.45) is 4.84. The molecule has 4 rings (SSSR count). The van der Waals surface area contributed by atoms with Gasteiger partial charge in [0.25, 0.3) is 11.5 Å². The molecule has 0 aliphatic rings. The molecule has 0 unspecified atom stereocenters. The van der Waals surface area contributed by atoms with Crippen LogP contribution in [0.4, 0.5) is 4.39 Å². The van der Waals surface area contributed by atoms with Crippen LogP contribution in [0.25, 0.3) is 11.0 Å². The van der Waals surface area contributed by atoms with Gasteiger partial charge in [0.15, 0.2) is 0 Å². The normalized spacial score (nSPS) is 11.0. The molecule has 0 saturated heterocycles. The maximum atomic E-state index is 14.0. The first kappa shape index (κ1) is 18.6. The lowest BCUT2D eigenvalue weighted by Crippen LogP contribution is -2.26. The molecule has 146 valence electrons. The summed E-state index contributed by atoms with van der Waals surface area (Å²) in [5.41, 5.74) is 1.33. The number of pyridine rings is 2. The van der Waals surface area contributed by atoms with Crippen molar-refractivity contribution in [2.75, 3.05) is 0 Å². The van der Waals surface area contributed by atoms with Gasteiger partial charge in [0.1, 0.15) is 17.2 Å². The molecule has 0 spiro atoms. The smallest absolute Gasteiger partial charge is 0.262 e. The highest BCUT2D eigenvalue weighted by atomic mass is 19.1. The average Bonchev–Trinajstić information content (AvgIpc) is 3.07. The van der Waals surface area contributed by atoms with Crippen molar-refractivity contribution in [3.05, 3.63) is 99.7 Å². The third-order valence-corrected chi connectivity index (χ3v) is 4.69. The zero-order valence-corrected chi connectivity index (χ0v) is 15.7. The summed E-state index contributed by atoms with van der Waals surface area (Å²) in [6.45, 7) is 1.97. The van der Waals surface area contributed by atoms with Gasteiger partial charge in [-0.3, -0.25) is 14.6 Å². The number of rotatable bonds is 5.